The van der Waals surface area contributed by atoms with E-state index in [1.165, 1.54) is 4.90 Å². The molecule has 12 nitrogen and oxygen atoms in total. The van der Waals surface area contributed by atoms with E-state index in [4.69, 9.17) is 14.5 Å². The third kappa shape index (κ3) is 9.13. The monoisotopic (exact) mass is 627 g/mol. The molecule has 0 atom stereocenters. The van der Waals surface area contributed by atoms with Gasteiger partial charge in [-0.2, -0.15) is 5.10 Å². The molecular formula is C34H41N7O5. The molecule has 0 radical (unpaired) electrons. The van der Waals surface area contributed by atoms with Gasteiger partial charge in [0.05, 0.1) is 43.4 Å². The van der Waals surface area contributed by atoms with Crippen molar-refractivity contribution < 1.29 is 23.9 Å². The molecule has 12 heteroatoms. The lowest BCUT2D eigenvalue weighted by molar-refractivity contribution is -0.142. The summed E-state index contributed by atoms with van der Waals surface area (Å²) in [6.45, 7) is 7.13. The Balaban J connectivity index is 1.38. The summed E-state index contributed by atoms with van der Waals surface area (Å²) in [7, 11) is 1.93. The van der Waals surface area contributed by atoms with E-state index in [1.807, 2.05) is 41.9 Å². The average Bonchev–Trinajstić information content (AvgIpc) is 3.39. The van der Waals surface area contributed by atoms with Gasteiger partial charge in [-0.3, -0.25) is 14.5 Å². The summed E-state index contributed by atoms with van der Waals surface area (Å²) in [6.07, 6.45) is 4.56. The van der Waals surface area contributed by atoms with Crippen molar-refractivity contribution in [3.05, 3.63) is 83.8 Å². The topological polar surface area (TPSA) is 140 Å². The van der Waals surface area contributed by atoms with E-state index in [0.29, 0.717) is 36.0 Å². The largest absolute Gasteiger partial charge is 0.466 e. The highest BCUT2D eigenvalue weighted by molar-refractivity contribution is 6.07. The number of esters is 1. The van der Waals surface area contributed by atoms with Crippen LogP contribution in [0.15, 0.2) is 72.0 Å². The van der Waals surface area contributed by atoms with Crippen LogP contribution in [0.25, 0.3) is 11.0 Å². The molecule has 2 aromatic heterocycles. The van der Waals surface area contributed by atoms with Crippen molar-refractivity contribution in [2.75, 3.05) is 30.0 Å². The number of carbonyl (C=O) groups is 3. The second kappa shape index (κ2) is 16.7. The fourth-order valence-electron chi connectivity index (χ4n) is 4.74. The Morgan fingerprint density at radius 2 is 1.80 bits per heavy atom. The van der Waals surface area contributed by atoms with Gasteiger partial charge in [-0.15, -0.1) is 0 Å². The molecule has 0 fully saturated rings. The number of amides is 2. The average molecular weight is 628 g/mol. The Bertz CT molecular complexity index is 1630. The van der Waals surface area contributed by atoms with E-state index < -0.39 is 6.09 Å². The van der Waals surface area contributed by atoms with Crippen LogP contribution in [0.4, 0.5) is 16.3 Å². The van der Waals surface area contributed by atoms with E-state index in [0.717, 1.165) is 35.4 Å². The lowest BCUT2D eigenvalue weighted by Gasteiger charge is -2.21. The summed E-state index contributed by atoms with van der Waals surface area (Å²) in [5.74, 6) is 0.923. The Kier molecular flexibility index (Phi) is 12.2. The Hall–Kier alpha value is -5.26. The molecule has 0 saturated heterocycles. The minimum atomic E-state index is -0.570. The van der Waals surface area contributed by atoms with E-state index in [9.17, 15) is 14.4 Å². The number of fused-ring (bicyclic) bond motifs is 1. The highest BCUT2D eigenvalue weighted by Gasteiger charge is 2.21. The van der Waals surface area contributed by atoms with Gasteiger partial charge in [0.15, 0.2) is 0 Å². The van der Waals surface area contributed by atoms with Crippen molar-refractivity contribution in [2.24, 2.45) is 18.1 Å². The zero-order valence-electron chi connectivity index (χ0n) is 26.7. The van der Waals surface area contributed by atoms with Crippen LogP contribution in [0, 0.1) is 5.92 Å². The van der Waals surface area contributed by atoms with Crippen LogP contribution in [0.2, 0.25) is 0 Å². The maximum Gasteiger partial charge on any atom is 0.427 e. The molecule has 0 saturated carbocycles. The molecule has 2 amide bonds. The van der Waals surface area contributed by atoms with Crippen LogP contribution in [0.5, 0.6) is 0 Å². The number of benzene rings is 2. The molecule has 4 rings (SSSR count). The number of imidazole rings is 1. The number of anilines is 2. The van der Waals surface area contributed by atoms with Gasteiger partial charge >= 0.3 is 12.1 Å². The van der Waals surface area contributed by atoms with Gasteiger partial charge in [-0.1, -0.05) is 44.9 Å². The lowest BCUT2D eigenvalue weighted by Crippen LogP contribution is -2.34. The molecule has 0 aliphatic rings. The number of aryl methyl sites for hydroxylation is 1. The highest BCUT2D eigenvalue weighted by Crippen LogP contribution is 2.21. The molecule has 2 N–H and O–H groups in total. The van der Waals surface area contributed by atoms with Crippen LogP contribution >= 0.6 is 0 Å². The fourth-order valence-corrected chi connectivity index (χ4v) is 4.74. The van der Waals surface area contributed by atoms with Crippen molar-refractivity contribution in [1.29, 1.82) is 0 Å². The second-order valence-corrected chi connectivity index (χ2v) is 10.6. The van der Waals surface area contributed by atoms with Crippen LogP contribution in [0.1, 0.15) is 61.8 Å². The van der Waals surface area contributed by atoms with Crippen LogP contribution in [-0.4, -0.2) is 58.5 Å². The quantitative estimate of drug-likeness (QED) is 0.0975. The predicted molar refractivity (Wildman–Crippen MR) is 178 cm³/mol. The standard InChI is InChI=1S/C34H41N7O5/c1-5-24(6-2)23-46-34(44)39-37-21-25-11-14-27(15-12-25)36-22-31-38-28-20-26(13-16-29(28)40(31)4)33(43)41(19-17-32(42)45-7-3)30-10-8-9-18-35-30/h8-16,18,20-21,24,36H,5-7,17,19,22-23H2,1-4H3,(H,39,44)/b37-21+. The first-order chi connectivity index (χ1) is 22.3. The van der Waals surface area contributed by atoms with Gasteiger partial charge in [-0.05, 0) is 60.9 Å². The normalized spacial score (nSPS) is 11.2. The highest BCUT2D eigenvalue weighted by atomic mass is 16.6. The van der Waals surface area contributed by atoms with Gasteiger partial charge in [0.2, 0.25) is 0 Å². The van der Waals surface area contributed by atoms with Crippen LogP contribution in [-0.2, 0) is 27.9 Å². The zero-order valence-corrected chi connectivity index (χ0v) is 26.7. The molecule has 242 valence electrons. The number of nitrogens with one attached hydrogen (secondary N) is 2. The van der Waals surface area contributed by atoms with Crippen molar-refractivity contribution >= 4 is 46.7 Å². The van der Waals surface area contributed by atoms with E-state index >= 15 is 0 Å². The maximum atomic E-state index is 13.6. The molecular weight excluding hydrogens is 586 g/mol. The number of ether oxygens (including phenoxy) is 2. The predicted octanol–water partition coefficient (Wildman–Crippen LogP) is 5.68. The molecule has 46 heavy (non-hydrogen) atoms. The van der Waals surface area contributed by atoms with Crippen LogP contribution in [0.3, 0.4) is 0 Å². The number of hydrogen-bond donors (Lipinski definition) is 2. The summed E-state index contributed by atoms with van der Waals surface area (Å²) in [5.41, 5.74) is 6.07. The zero-order chi connectivity index (χ0) is 32.9. The Labute approximate surface area is 268 Å². The van der Waals surface area contributed by atoms with Crippen molar-refractivity contribution in [2.45, 2.75) is 46.6 Å². The van der Waals surface area contributed by atoms with Gasteiger partial charge in [0.25, 0.3) is 5.91 Å². The van der Waals surface area contributed by atoms with Gasteiger partial charge in [-0.25, -0.2) is 20.2 Å². The molecule has 2 heterocycles. The number of rotatable bonds is 15. The summed E-state index contributed by atoms with van der Waals surface area (Å²) < 4.78 is 12.2. The minimum Gasteiger partial charge on any atom is -0.466 e. The summed E-state index contributed by atoms with van der Waals surface area (Å²) >= 11 is 0. The van der Waals surface area contributed by atoms with Gasteiger partial charge in [0.1, 0.15) is 11.6 Å². The third-order valence-electron chi connectivity index (χ3n) is 7.57. The first kappa shape index (κ1) is 33.6. The summed E-state index contributed by atoms with van der Waals surface area (Å²) in [4.78, 5) is 48.1. The number of pyridine rings is 1. The van der Waals surface area contributed by atoms with Crippen molar-refractivity contribution in [1.82, 2.24) is 20.0 Å². The number of hydrogen-bond acceptors (Lipinski definition) is 9. The molecule has 2 aromatic carbocycles. The van der Waals surface area contributed by atoms with E-state index in [1.54, 1.807) is 49.7 Å². The summed E-state index contributed by atoms with van der Waals surface area (Å²) in [6, 6.07) is 18.3. The maximum absolute atomic E-state index is 13.6. The third-order valence-corrected chi connectivity index (χ3v) is 7.57. The first-order valence-corrected chi connectivity index (χ1v) is 15.5. The summed E-state index contributed by atoms with van der Waals surface area (Å²) in [5, 5.41) is 7.34. The van der Waals surface area contributed by atoms with Gasteiger partial charge < -0.3 is 19.4 Å². The lowest BCUT2D eigenvalue weighted by atomic mass is 10.1. The number of nitrogens with zero attached hydrogens (tertiary/aromatic N) is 5. The van der Waals surface area contributed by atoms with Crippen molar-refractivity contribution in [3.8, 4) is 0 Å². The smallest absolute Gasteiger partial charge is 0.427 e. The van der Waals surface area contributed by atoms with Gasteiger partial charge in [0, 0.05) is 31.0 Å². The minimum absolute atomic E-state index is 0.0513. The molecule has 0 spiro atoms. The molecule has 4 aromatic rings. The number of carbonyl (C=O) groups excluding carboxylic acids is 3. The molecule has 0 aliphatic carbocycles. The van der Waals surface area contributed by atoms with Crippen molar-refractivity contribution in [3.63, 3.8) is 0 Å². The molecule has 0 unspecified atom stereocenters. The number of hydrazone groups is 1. The Morgan fingerprint density at radius 3 is 2.50 bits per heavy atom. The SMILES string of the molecule is CCOC(=O)CCN(C(=O)c1ccc2c(c1)nc(CNc1ccc(/C=N/NC(=O)OCC(CC)CC)cc1)n2C)c1ccccn1. The molecule has 0 aliphatic heterocycles. The van der Waals surface area contributed by atoms with Crippen LogP contribution < -0.4 is 15.6 Å². The fraction of sp³-hybridized carbons (Fsp3) is 0.353. The molecule has 0 bridgehead atoms. The Morgan fingerprint density at radius 1 is 1.02 bits per heavy atom. The first-order valence-electron chi connectivity index (χ1n) is 15.5. The van der Waals surface area contributed by atoms with E-state index in [2.05, 4.69) is 34.7 Å². The second-order valence-electron chi connectivity index (χ2n) is 10.6. The number of aromatic nitrogens is 3. The van der Waals surface area contributed by atoms with E-state index in [-0.39, 0.29) is 31.4 Å².